The molecule has 7 heteroatoms. The first-order valence-corrected chi connectivity index (χ1v) is 9.52. The summed E-state index contributed by atoms with van der Waals surface area (Å²) < 4.78 is 0.831. The third-order valence-corrected chi connectivity index (χ3v) is 5.57. The van der Waals surface area contributed by atoms with E-state index in [1.807, 2.05) is 23.1 Å². The van der Waals surface area contributed by atoms with Gasteiger partial charge in [0.1, 0.15) is 0 Å². The number of thioether (sulfide) groups is 1. The third kappa shape index (κ3) is 4.03. The lowest BCUT2D eigenvalue weighted by atomic mass is 10.2. The maximum absolute atomic E-state index is 12.4. The van der Waals surface area contributed by atoms with Gasteiger partial charge in [0.15, 0.2) is 4.34 Å². The number of anilines is 2. The van der Waals surface area contributed by atoms with Crippen molar-refractivity contribution >= 4 is 39.8 Å². The lowest BCUT2D eigenvalue weighted by Crippen LogP contribution is -2.30. The van der Waals surface area contributed by atoms with Crippen molar-refractivity contribution in [1.29, 1.82) is 0 Å². The molecular formula is C16H20N4OS2. The summed E-state index contributed by atoms with van der Waals surface area (Å²) >= 11 is 2.96. The van der Waals surface area contributed by atoms with Crippen LogP contribution in [0.3, 0.4) is 0 Å². The van der Waals surface area contributed by atoms with Crippen molar-refractivity contribution in [3.8, 4) is 0 Å². The summed E-state index contributed by atoms with van der Waals surface area (Å²) in [6.07, 6.45) is 0.939. The summed E-state index contributed by atoms with van der Waals surface area (Å²) in [5, 5.41) is 12.3. The number of rotatable bonds is 6. The van der Waals surface area contributed by atoms with Crippen molar-refractivity contribution < 1.29 is 4.79 Å². The molecule has 1 amide bonds. The molecule has 0 radical (unpaired) electrons. The molecule has 0 atom stereocenters. The van der Waals surface area contributed by atoms with E-state index in [1.54, 1.807) is 0 Å². The monoisotopic (exact) mass is 348 g/mol. The molecule has 0 saturated carbocycles. The van der Waals surface area contributed by atoms with Crippen molar-refractivity contribution in [1.82, 2.24) is 10.2 Å². The predicted octanol–water partition coefficient (Wildman–Crippen LogP) is 3.29. The number of carbonyl (C=O) groups excluding carboxylic acids is 1. The lowest BCUT2D eigenvalue weighted by Gasteiger charge is -2.16. The van der Waals surface area contributed by atoms with Gasteiger partial charge in [0.05, 0.1) is 5.75 Å². The van der Waals surface area contributed by atoms with Gasteiger partial charge < -0.3 is 10.2 Å². The first-order chi connectivity index (χ1) is 11.1. The molecule has 1 aliphatic rings. The first kappa shape index (κ1) is 16.3. The Bertz CT molecular complexity index is 686. The fraction of sp³-hybridized carbons (Fsp3) is 0.438. The van der Waals surface area contributed by atoms with E-state index in [-0.39, 0.29) is 5.91 Å². The summed E-state index contributed by atoms with van der Waals surface area (Å²) in [6, 6.07) is 8.11. The smallest absolute Gasteiger partial charge is 0.237 e. The molecule has 2 heterocycles. The molecule has 1 aromatic carbocycles. The van der Waals surface area contributed by atoms with Crippen LogP contribution in [-0.2, 0) is 11.2 Å². The second-order valence-corrected chi connectivity index (χ2v) is 8.06. The van der Waals surface area contributed by atoms with Gasteiger partial charge in [0, 0.05) is 18.8 Å². The Kier molecular flexibility index (Phi) is 5.17. The van der Waals surface area contributed by atoms with Crippen molar-refractivity contribution in [2.45, 2.75) is 24.6 Å². The maximum Gasteiger partial charge on any atom is 0.237 e. The highest BCUT2D eigenvalue weighted by molar-refractivity contribution is 8.01. The quantitative estimate of drug-likeness (QED) is 0.812. The van der Waals surface area contributed by atoms with Crippen molar-refractivity contribution in [2.75, 3.05) is 29.1 Å². The SMILES string of the molecule is CC(C)CNc1nnc(SCC(=O)N2CCc3ccccc32)s1. The predicted molar refractivity (Wildman–Crippen MR) is 96.5 cm³/mol. The highest BCUT2D eigenvalue weighted by atomic mass is 32.2. The Balaban J connectivity index is 1.54. The molecule has 0 saturated heterocycles. The number of nitrogens with one attached hydrogen (secondary N) is 1. The molecule has 3 rings (SSSR count). The van der Waals surface area contributed by atoms with E-state index in [2.05, 4.69) is 35.4 Å². The molecule has 0 fully saturated rings. The van der Waals surface area contributed by atoms with Gasteiger partial charge in [0.2, 0.25) is 11.0 Å². The average Bonchev–Trinajstić information content (AvgIpc) is 3.17. The maximum atomic E-state index is 12.4. The fourth-order valence-corrected chi connectivity index (χ4v) is 4.06. The molecule has 0 aliphatic carbocycles. The Hall–Kier alpha value is -1.60. The molecule has 0 spiro atoms. The number of amides is 1. The van der Waals surface area contributed by atoms with E-state index in [1.165, 1.54) is 28.7 Å². The van der Waals surface area contributed by atoms with Gasteiger partial charge in [-0.25, -0.2) is 0 Å². The van der Waals surface area contributed by atoms with Crippen LogP contribution in [0.2, 0.25) is 0 Å². The summed E-state index contributed by atoms with van der Waals surface area (Å²) in [6.45, 7) is 5.95. The number of hydrogen-bond acceptors (Lipinski definition) is 6. The molecule has 2 aromatic rings. The van der Waals surface area contributed by atoms with E-state index < -0.39 is 0 Å². The van der Waals surface area contributed by atoms with Gasteiger partial charge in [-0.05, 0) is 24.0 Å². The zero-order valence-electron chi connectivity index (χ0n) is 13.3. The van der Waals surface area contributed by atoms with Crippen LogP contribution < -0.4 is 10.2 Å². The van der Waals surface area contributed by atoms with E-state index in [4.69, 9.17) is 0 Å². The molecule has 23 heavy (non-hydrogen) atoms. The second-order valence-electron chi connectivity index (χ2n) is 5.86. The minimum Gasteiger partial charge on any atom is -0.360 e. The van der Waals surface area contributed by atoms with Crippen LogP contribution in [0.25, 0.3) is 0 Å². The zero-order valence-corrected chi connectivity index (χ0v) is 14.9. The lowest BCUT2D eigenvalue weighted by molar-refractivity contribution is -0.116. The van der Waals surface area contributed by atoms with Gasteiger partial charge in [-0.15, -0.1) is 10.2 Å². The summed E-state index contributed by atoms with van der Waals surface area (Å²) in [7, 11) is 0. The zero-order chi connectivity index (χ0) is 16.2. The molecule has 0 unspecified atom stereocenters. The molecule has 122 valence electrons. The van der Waals surface area contributed by atoms with Gasteiger partial charge >= 0.3 is 0 Å². The Morgan fingerprint density at radius 3 is 3.04 bits per heavy atom. The summed E-state index contributed by atoms with van der Waals surface area (Å²) in [5.74, 6) is 1.09. The van der Waals surface area contributed by atoms with Gasteiger partial charge in [-0.1, -0.05) is 55.1 Å². The Morgan fingerprint density at radius 1 is 1.39 bits per heavy atom. The number of para-hydroxylation sites is 1. The minimum atomic E-state index is 0.131. The molecule has 5 nitrogen and oxygen atoms in total. The first-order valence-electron chi connectivity index (χ1n) is 7.72. The summed E-state index contributed by atoms with van der Waals surface area (Å²) in [4.78, 5) is 14.3. The normalized spacial score (nSPS) is 13.4. The van der Waals surface area contributed by atoms with E-state index in [0.29, 0.717) is 11.7 Å². The van der Waals surface area contributed by atoms with Crippen molar-refractivity contribution in [3.05, 3.63) is 29.8 Å². The van der Waals surface area contributed by atoms with Gasteiger partial charge in [0.25, 0.3) is 0 Å². The van der Waals surface area contributed by atoms with Crippen molar-refractivity contribution in [2.24, 2.45) is 5.92 Å². The number of aromatic nitrogens is 2. The molecular weight excluding hydrogens is 328 g/mol. The summed E-state index contributed by atoms with van der Waals surface area (Å²) in [5.41, 5.74) is 2.30. The number of fused-ring (bicyclic) bond motifs is 1. The Labute approximate surface area is 144 Å². The number of carbonyl (C=O) groups is 1. The second kappa shape index (κ2) is 7.31. The number of nitrogens with zero attached hydrogens (tertiary/aromatic N) is 3. The molecule has 1 N–H and O–H groups in total. The molecule has 1 aromatic heterocycles. The van der Waals surface area contributed by atoms with Crippen LogP contribution in [0.5, 0.6) is 0 Å². The molecule has 0 bridgehead atoms. The van der Waals surface area contributed by atoms with Gasteiger partial charge in [-0.2, -0.15) is 0 Å². The number of benzene rings is 1. The van der Waals surface area contributed by atoms with E-state index in [0.717, 1.165) is 34.7 Å². The largest absolute Gasteiger partial charge is 0.360 e. The third-order valence-electron chi connectivity index (χ3n) is 3.58. The van der Waals surface area contributed by atoms with Crippen LogP contribution in [0, 0.1) is 5.92 Å². The van der Waals surface area contributed by atoms with Gasteiger partial charge in [-0.3, -0.25) is 4.79 Å². The van der Waals surface area contributed by atoms with Crippen LogP contribution in [0.1, 0.15) is 19.4 Å². The van der Waals surface area contributed by atoms with Crippen LogP contribution in [-0.4, -0.2) is 34.9 Å². The Morgan fingerprint density at radius 2 is 2.22 bits per heavy atom. The number of hydrogen-bond donors (Lipinski definition) is 1. The minimum absolute atomic E-state index is 0.131. The van der Waals surface area contributed by atoms with Crippen LogP contribution in [0.15, 0.2) is 28.6 Å². The molecule has 1 aliphatic heterocycles. The topological polar surface area (TPSA) is 58.1 Å². The van der Waals surface area contributed by atoms with Crippen LogP contribution in [0.4, 0.5) is 10.8 Å². The highest BCUT2D eigenvalue weighted by Gasteiger charge is 2.24. The van der Waals surface area contributed by atoms with E-state index >= 15 is 0 Å². The average molecular weight is 348 g/mol. The fourth-order valence-electron chi connectivity index (χ4n) is 2.43. The van der Waals surface area contributed by atoms with E-state index in [9.17, 15) is 4.79 Å². The highest BCUT2D eigenvalue weighted by Crippen LogP contribution is 2.30. The van der Waals surface area contributed by atoms with Crippen LogP contribution >= 0.6 is 23.1 Å². The van der Waals surface area contributed by atoms with Crippen molar-refractivity contribution in [3.63, 3.8) is 0 Å². The standard InChI is InChI=1S/C16H20N4OS2/c1-11(2)9-17-15-18-19-16(23-15)22-10-14(21)20-8-7-12-5-3-4-6-13(12)20/h3-6,11H,7-10H2,1-2H3,(H,17,18).